The number of aliphatic hydroxyl groups is 1. The number of halogens is 1. The quantitative estimate of drug-likeness (QED) is 0.224. The summed E-state index contributed by atoms with van der Waals surface area (Å²) in [5.74, 6) is 1.44. The van der Waals surface area contributed by atoms with Gasteiger partial charge in [-0.05, 0) is 70.8 Å². The molecule has 2 aliphatic carbocycles. The number of hydrogen-bond donors (Lipinski definition) is 1. The van der Waals surface area contributed by atoms with Gasteiger partial charge in [-0.15, -0.1) is 11.6 Å². The van der Waals surface area contributed by atoms with Gasteiger partial charge in [0.2, 0.25) is 0 Å². The zero-order valence-corrected chi connectivity index (χ0v) is 18.8. The van der Waals surface area contributed by atoms with E-state index in [9.17, 15) is 9.90 Å². The first-order chi connectivity index (χ1) is 13.1. The van der Waals surface area contributed by atoms with Crippen LogP contribution in [0.4, 0.5) is 0 Å². The van der Waals surface area contributed by atoms with Gasteiger partial charge in [-0.25, -0.2) is 0 Å². The topological polar surface area (TPSA) is 49.8 Å². The van der Waals surface area contributed by atoms with Gasteiger partial charge in [0.1, 0.15) is 0 Å². The molecular formula is C24H35ClO3. The highest BCUT2D eigenvalue weighted by Crippen LogP contribution is 2.64. The molecule has 0 aromatic heterocycles. The Morgan fingerprint density at radius 3 is 2.57 bits per heavy atom. The zero-order chi connectivity index (χ0) is 20.9. The molecule has 1 N–H and O–H groups in total. The molecule has 3 fully saturated rings. The monoisotopic (exact) mass is 406 g/mol. The molecule has 3 nitrogen and oxygen atoms in total. The van der Waals surface area contributed by atoms with Gasteiger partial charge in [0.25, 0.3) is 0 Å². The molecule has 0 aromatic carbocycles. The molecule has 2 saturated carbocycles. The number of alkyl halides is 1. The van der Waals surface area contributed by atoms with Crippen molar-refractivity contribution >= 4 is 17.4 Å². The highest BCUT2D eigenvalue weighted by atomic mass is 35.5. The van der Waals surface area contributed by atoms with Crippen molar-refractivity contribution in [2.45, 2.75) is 83.5 Å². The minimum absolute atomic E-state index is 0.180. The SMILES string of the molecule is CC=C(C)C1C(C=CC=C(C)C(=O)CC)C2CC(Cl)C(C)(O)CC2C2OC21C. The third kappa shape index (κ3) is 3.66. The average molecular weight is 407 g/mol. The summed E-state index contributed by atoms with van der Waals surface area (Å²) in [7, 11) is 0. The van der Waals surface area contributed by atoms with Crippen molar-refractivity contribution in [3.8, 4) is 0 Å². The van der Waals surface area contributed by atoms with Crippen LogP contribution in [-0.2, 0) is 9.53 Å². The molecule has 1 heterocycles. The normalized spacial score (nSPS) is 46.3. The summed E-state index contributed by atoms with van der Waals surface area (Å²) in [4.78, 5) is 11.9. The fourth-order valence-electron chi connectivity index (χ4n) is 5.72. The van der Waals surface area contributed by atoms with Gasteiger partial charge < -0.3 is 9.84 Å². The molecule has 0 aromatic rings. The molecule has 28 heavy (non-hydrogen) atoms. The number of epoxide rings is 1. The van der Waals surface area contributed by atoms with Gasteiger partial charge in [0, 0.05) is 12.3 Å². The number of allylic oxidation sites excluding steroid dienone is 5. The maximum absolute atomic E-state index is 11.9. The van der Waals surface area contributed by atoms with Crippen molar-refractivity contribution in [2.75, 3.05) is 0 Å². The lowest BCUT2D eigenvalue weighted by atomic mass is 9.55. The number of ketones is 1. The third-order valence-corrected chi connectivity index (χ3v) is 8.16. The fraction of sp³-hybridized carbons (Fsp3) is 0.708. The minimum Gasteiger partial charge on any atom is -0.389 e. The zero-order valence-electron chi connectivity index (χ0n) is 18.0. The predicted octanol–water partition coefficient (Wildman–Crippen LogP) is 5.22. The summed E-state index contributed by atoms with van der Waals surface area (Å²) >= 11 is 6.61. The summed E-state index contributed by atoms with van der Waals surface area (Å²) in [6.45, 7) is 12.1. The van der Waals surface area contributed by atoms with E-state index in [4.69, 9.17) is 16.3 Å². The van der Waals surface area contributed by atoms with Crippen LogP contribution in [0, 0.1) is 23.7 Å². The van der Waals surface area contributed by atoms with Crippen LogP contribution in [0.3, 0.4) is 0 Å². The maximum Gasteiger partial charge on any atom is 0.158 e. The van der Waals surface area contributed by atoms with E-state index in [0.717, 1.165) is 12.0 Å². The van der Waals surface area contributed by atoms with Crippen LogP contribution in [0.25, 0.3) is 0 Å². The molecule has 4 heteroatoms. The minimum atomic E-state index is -0.851. The lowest BCUT2D eigenvalue weighted by molar-refractivity contribution is -0.115. The summed E-state index contributed by atoms with van der Waals surface area (Å²) in [5.41, 5.74) is 1.10. The van der Waals surface area contributed by atoms with Crippen molar-refractivity contribution in [3.63, 3.8) is 0 Å². The number of fused-ring (bicyclic) bond motifs is 3. The van der Waals surface area contributed by atoms with Gasteiger partial charge >= 0.3 is 0 Å². The van der Waals surface area contributed by atoms with E-state index in [1.807, 2.05) is 32.9 Å². The van der Waals surface area contributed by atoms with E-state index in [1.54, 1.807) is 0 Å². The van der Waals surface area contributed by atoms with Gasteiger partial charge in [0.05, 0.1) is 22.7 Å². The molecular weight excluding hydrogens is 372 g/mol. The van der Waals surface area contributed by atoms with Gasteiger partial charge in [0.15, 0.2) is 5.78 Å². The van der Waals surface area contributed by atoms with E-state index in [1.165, 1.54) is 5.57 Å². The number of rotatable bonds is 5. The van der Waals surface area contributed by atoms with Crippen LogP contribution in [0.15, 0.2) is 35.5 Å². The largest absolute Gasteiger partial charge is 0.389 e. The van der Waals surface area contributed by atoms with Crippen LogP contribution in [0.2, 0.25) is 0 Å². The Hall–Kier alpha value is -0.900. The smallest absolute Gasteiger partial charge is 0.158 e. The van der Waals surface area contributed by atoms with Crippen LogP contribution in [0.1, 0.15) is 60.8 Å². The fourth-order valence-corrected chi connectivity index (χ4v) is 6.01. The van der Waals surface area contributed by atoms with Crippen LogP contribution in [0.5, 0.6) is 0 Å². The third-order valence-electron chi connectivity index (χ3n) is 7.51. The Morgan fingerprint density at radius 1 is 1.29 bits per heavy atom. The molecule has 0 amide bonds. The van der Waals surface area contributed by atoms with E-state index in [0.29, 0.717) is 30.6 Å². The van der Waals surface area contributed by atoms with Crippen molar-refractivity contribution in [2.24, 2.45) is 23.7 Å². The van der Waals surface area contributed by atoms with Gasteiger partial charge in [-0.1, -0.05) is 36.8 Å². The molecule has 3 aliphatic rings. The van der Waals surface area contributed by atoms with Crippen LogP contribution >= 0.6 is 11.6 Å². The Kier molecular flexibility index (Phi) is 6.02. The lowest BCUT2D eigenvalue weighted by Gasteiger charge is -2.50. The second-order valence-electron chi connectivity index (χ2n) is 9.41. The lowest BCUT2D eigenvalue weighted by Crippen LogP contribution is -2.54. The van der Waals surface area contributed by atoms with E-state index >= 15 is 0 Å². The summed E-state index contributed by atoms with van der Waals surface area (Å²) in [6, 6.07) is 0. The molecule has 0 bridgehead atoms. The molecule has 156 valence electrons. The predicted molar refractivity (Wildman–Crippen MR) is 114 cm³/mol. The Labute approximate surface area is 174 Å². The van der Waals surface area contributed by atoms with Gasteiger partial charge in [-0.3, -0.25) is 4.79 Å². The Balaban J connectivity index is 1.96. The first-order valence-electron chi connectivity index (χ1n) is 10.6. The highest BCUT2D eigenvalue weighted by Gasteiger charge is 2.70. The maximum atomic E-state index is 11.9. The first kappa shape index (κ1) is 21.8. The van der Waals surface area contributed by atoms with Crippen molar-refractivity contribution in [1.82, 2.24) is 0 Å². The number of carbonyl (C=O) groups excluding carboxylic acids is 1. The second-order valence-corrected chi connectivity index (χ2v) is 9.94. The molecule has 3 rings (SSSR count). The molecule has 0 radical (unpaired) electrons. The van der Waals surface area contributed by atoms with E-state index in [-0.39, 0.29) is 28.8 Å². The standard InChI is InChI=1S/C24H35ClO3/c1-7-14(3)21-16(11-9-10-15(4)19(26)8-2)17-12-20(25)23(5,27)13-18(17)22-24(21,6)28-22/h7,9-11,16-18,20-22,27H,8,12-13H2,1-6H3. The van der Waals surface area contributed by atoms with Crippen molar-refractivity contribution in [1.29, 1.82) is 0 Å². The van der Waals surface area contributed by atoms with E-state index in [2.05, 4.69) is 32.9 Å². The van der Waals surface area contributed by atoms with Crippen molar-refractivity contribution in [3.05, 3.63) is 35.5 Å². The molecule has 8 unspecified atom stereocenters. The number of ether oxygens (including phenoxy) is 1. The number of Topliss-reactive ketones (excluding diaryl/α,β-unsaturated/α-hetero) is 1. The molecule has 1 aliphatic heterocycles. The summed E-state index contributed by atoms with van der Waals surface area (Å²) in [5, 5.41) is 10.5. The number of carbonyl (C=O) groups is 1. The summed E-state index contributed by atoms with van der Waals surface area (Å²) < 4.78 is 6.31. The highest BCUT2D eigenvalue weighted by molar-refractivity contribution is 6.21. The second kappa shape index (κ2) is 7.74. The summed E-state index contributed by atoms with van der Waals surface area (Å²) in [6.07, 6.45) is 10.6. The Morgan fingerprint density at radius 2 is 1.96 bits per heavy atom. The average Bonchev–Trinajstić information content (AvgIpc) is 3.34. The van der Waals surface area contributed by atoms with Gasteiger partial charge in [-0.2, -0.15) is 0 Å². The van der Waals surface area contributed by atoms with Crippen LogP contribution < -0.4 is 0 Å². The van der Waals surface area contributed by atoms with Crippen molar-refractivity contribution < 1.29 is 14.6 Å². The van der Waals surface area contributed by atoms with E-state index < -0.39 is 5.60 Å². The van der Waals surface area contributed by atoms with Crippen LogP contribution in [-0.4, -0.2) is 33.6 Å². The molecule has 1 saturated heterocycles. The molecule has 8 atom stereocenters. The first-order valence-corrected chi connectivity index (χ1v) is 11.1. The Bertz CT molecular complexity index is 719. The number of hydrogen-bond acceptors (Lipinski definition) is 3. The molecule has 0 spiro atoms.